The molecular formula is C22H19N5O3. The number of benzene rings is 2. The van der Waals surface area contributed by atoms with Gasteiger partial charge in [-0.25, -0.2) is 14.8 Å². The predicted octanol–water partition coefficient (Wildman–Crippen LogP) is 4.71. The number of anilines is 2. The molecule has 0 aliphatic heterocycles. The van der Waals surface area contributed by atoms with Crippen molar-refractivity contribution in [2.24, 2.45) is 0 Å². The summed E-state index contributed by atoms with van der Waals surface area (Å²) in [6.45, 7) is 0. The van der Waals surface area contributed by atoms with Gasteiger partial charge in [-0.15, -0.1) is 0 Å². The molecule has 0 atom stereocenters. The zero-order valence-corrected chi connectivity index (χ0v) is 16.1. The van der Waals surface area contributed by atoms with Crippen molar-refractivity contribution in [3.05, 3.63) is 85.5 Å². The molecule has 8 nitrogen and oxygen atoms in total. The quantitative estimate of drug-likeness (QED) is 0.488. The summed E-state index contributed by atoms with van der Waals surface area (Å²) >= 11 is 0. The van der Waals surface area contributed by atoms with E-state index >= 15 is 0 Å². The van der Waals surface area contributed by atoms with Gasteiger partial charge in [-0.05, 0) is 48.5 Å². The molecule has 4 aromatic rings. The molecule has 0 aliphatic carbocycles. The lowest BCUT2D eigenvalue weighted by Gasteiger charge is -2.10. The van der Waals surface area contributed by atoms with E-state index < -0.39 is 0 Å². The smallest absolute Gasteiger partial charge is 0.323 e. The Kier molecular flexibility index (Phi) is 5.56. The highest BCUT2D eigenvalue weighted by Gasteiger charge is 2.06. The van der Waals surface area contributed by atoms with Gasteiger partial charge in [0.1, 0.15) is 23.6 Å². The van der Waals surface area contributed by atoms with E-state index in [1.54, 1.807) is 61.7 Å². The number of rotatable bonds is 6. The third kappa shape index (κ3) is 4.74. The fraction of sp³-hybridized carbons (Fsp3) is 0.0455. The van der Waals surface area contributed by atoms with Crippen LogP contribution in [-0.4, -0.2) is 27.7 Å². The first-order valence-electron chi connectivity index (χ1n) is 9.15. The summed E-state index contributed by atoms with van der Waals surface area (Å²) in [5.74, 6) is 2.38. The van der Waals surface area contributed by atoms with E-state index in [2.05, 4.69) is 20.6 Å². The molecule has 0 fully saturated rings. The minimum atomic E-state index is -0.357. The van der Waals surface area contributed by atoms with Crippen LogP contribution in [0.4, 0.5) is 16.2 Å². The topological polar surface area (TPSA) is 90.3 Å². The van der Waals surface area contributed by atoms with E-state index in [1.165, 1.54) is 6.33 Å². The van der Waals surface area contributed by atoms with Crippen molar-refractivity contribution in [3.63, 3.8) is 0 Å². The molecule has 2 aromatic heterocycles. The summed E-state index contributed by atoms with van der Waals surface area (Å²) in [4.78, 5) is 20.6. The van der Waals surface area contributed by atoms with Gasteiger partial charge in [-0.2, -0.15) is 0 Å². The Morgan fingerprint density at radius 3 is 2.40 bits per heavy atom. The minimum absolute atomic E-state index is 0.357. The van der Waals surface area contributed by atoms with Crippen molar-refractivity contribution >= 4 is 17.4 Å². The molecule has 2 heterocycles. The number of aromatic nitrogens is 3. The molecule has 2 N–H and O–H groups in total. The monoisotopic (exact) mass is 401 g/mol. The van der Waals surface area contributed by atoms with Crippen molar-refractivity contribution in [1.29, 1.82) is 0 Å². The van der Waals surface area contributed by atoms with E-state index in [4.69, 9.17) is 9.47 Å². The van der Waals surface area contributed by atoms with E-state index in [9.17, 15) is 4.79 Å². The van der Waals surface area contributed by atoms with E-state index in [0.717, 1.165) is 0 Å². The summed E-state index contributed by atoms with van der Waals surface area (Å²) in [5, 5.41) is 5.53. The number of amides is 2. The average molecular weight is 401 g/mol. The highest BCUT2D eigenvalue weighted by molar-refractivity contribution is 5.99. The van der Waals surface area contributed by atoms with Crippen molar-refractivity contribution in [3.8, 4) is 23.2 Å². The van der Waals surface area contributed by atoms with Crippen LogP contribution in [0.5, 0.6) is 17.4 Å². The van der Waals surface area contributed by atoms with Crippen LogP contribution in [-0.2, 0) is 0 Å². The van der Waals surface area contributed by atoms with Crippen molar-refractivity contribution in [2.75, 3.05) is 17.7 Å². The zero-order valence-electron chi connectivity index (χ0n) is 16.1. The van der Waals surface area contributed by atoms with E-state index in [1.807, 2.05) is 29.1 Å². The molecule has 0 bridgehead atoms. The second-order valence-corrected chi connectivity index (χ2v) is 6.24. The Bertz CT molecular complexity index is 1130. The van der Waals surface area contributed by atoms with Crippen LogP contribution in [0.25, 0.3) is 5.82 Å². The van der Waals surface area contributed by atoms with Crippen LogP contribution in [0.2, 0.25) is 0 Å². The molecule has 0 radical (unpaired) electrons. The van der Waals surface area contributed by atoms with Crippen molar-refractivity contribution in [2.45, 2.75) is 0 Å². The van der Waals surface area contributed by atoms with Gasteiger partial charge in [-0.1, -0.05) is 6.07 Å². The van der Waals surface area contributed by atoms with Gasteiger partial charge in [-0.3, -0.25) is 0 Å². The molecule has 4 rings (SSSR count). The third-order valence-corrected chi connectivity index (χ3v) is 4.16. The van der Waals surface area contributed by atoms with Gasteiger partial charge in [0.2, 0.25) is 5.88 Å². The average Bonchev–Trinajstić information content (AvgIpc) is 3.30. The molecule has 2 amide bonds. The lowest BCUT2D eigenvalue weighted by atomic mass is 10.3. The fourth-order valence-corrected chi connectivity index (χ4v) is 2.74. The van der Waals surface area contributed by atoms with Crippen molar-refractivity contribution < 1.29 is 14.3 Å². The highest BCUT2D eigenvalue weighted by atomic mass is 16.5. The van der Waals surface area contributed by atoms with Crippen LogP contribution in [0.3, 0.4) is 0 Å². The van der Waals surface area contributed by atoms with Gasteiger partial charge in [0.25, 0.3) is 0 Å². The second-order valence-electron chi connectivity index (χ2n) is 6.24. The normalized spacial score (nSPS) is 10.3. The third-order valence-electron chi connectivity index (χ3n) is 4.16. The maximum atomic E-state index is 12.2. The van der Waals surface area contributed by atoms with Crippen LogP contribution >= 0.6 is 0 Å². The number of ether oxygens (including phenoxy) is 2. The molecule has 0 spiro atoms. The van der Waals surface area contributed by atoms with Gasteiger partial charge in [0, 0.05) is 35.9 Å². The first-order chi connectivity index (χ1) is 14.7. The predicted molar refractivity (Wildman–Crippen MR) is 114 cm³/mol. The maximum absolute atomic E-state index is 12.2. The second kappa shape index (κ2) is 8.78. The van der Waals surface area contributed by atoms with Gasteiger partial charge in [0.05, 0.1) is 7.11 Å². The largest absolute Gasteiger partial charge is 0.497 e. The SMILES string of the molecule is COc1cccc(NC(=O)Nc2ccc(Oc3cc(-n4cccc4)ncn3)cc2)c1. The van der Waals surface area contributed by atoms with E-state index in [-0.39, 0.29) is 6.03 Å². The number of hydrogen-bond donors (Lipinski definition) is 2. The van der Waals surface area contributed by atoms with E-state index in [0.29, 0.717) is 34.6 Å². The number of carbonyl (C=O) groups excluding carboxylic acids is 1. The summed E-state index contributed by atoms with van der Waals surface area (Å²) in [6, 6.07) is 19.3. The molecule has 0 saturated heterocycles. The number of hydrogen-bond acceptors (Lipinski definition) is 5. The number of nitrogens with zero attached hydrogens (tertiary/aromatic N) is 3. The molecule has 30 heavy (non-hydrogen) atoms. The fourth-order valence-electron chi connectivity index (χ4n) is 2.74. The Labute approximate surface area is 173 Å². The number of nitrogens with one attached hydrogen (secondary N) is 2. The molecule has 0 unspecified atom stereocenters. The summed E-state index contributed by atoms with van der Waals surface area (Å²) in [5.41, 5.74) is 1.26. The standard InChI is InChI=1S/C22H19N5O3/c1-29-19-6-4-5-17(13-19)26-22(28)25-16-7-9-18(10-8-16)30-21-14-20(23-15-24-21)27-11-2-3-12-27/h2-15H,1H3,(H2,25,26,28). The van der Waals surface area contributed by atoms with Crippen LogP contribution in [0, 0.1) is 0 Å². The Balaban J connectivity index is 1.37. The minimum Gasteiger partial charge on any atom is -0.497 e. The summed E-state index contributed by atoms with van der Waals surface area (Å²) in [6.07, 6.45) is 5.23. The molecular weight excluding hydrogens is 382 g/mol. The lowest BCUT2D eigenvalue weighted by Crippen LogP contribution is -2.19. The number of carbonyl (C=O) groups is 1. The van der Waals surface area contributed by atoms with Crippen LogP contribution < -0.4 is 20.1 Å². The van der Waals surface area contributed by atoms with Crippen LogP contribution in [0.15, 0.2) is 85.5 Å². The number of methoxy groups -OCH3 is 1. The lowest BCUT2D eigenvalue weighted by molar-refractivity contribution is 0.262. The zero-order chi connectivity index (χ0) is 20.8. The van der Waals surface area contributed by atoms with Gasteiger partial charge in [0.15, 0.2) is 0 Å². The molecule has 0 aliphatic rings. The molecule has 8 heteroatoms. The Hall–Kier alpha value is -4.33. The Morgan fingerprint density at radius 1 is 0.867 bits per heavy atom. The van der Waals surface area contributed by atoms with Crippen molar-refractivity contribution in [1.82, 2.24) is 14.5 Å². The summed E-state index contributed by atoms with van der Waals surface area (Å²) < 4.78 is 12.8. The molecule has 150 valence electrons. The van der Waals surface area contributed by atoms with Crippen LogP contribution in [0.1, 0.15) is 0 Å². The first kappa shape index (κ1) is 19.0. The first-order valence-corrected chi connectivity index (χ1v) is 9.15. The molecule has 0 saturated carbocycles. The van der Waals surface area contributed by atoms with Gasteiger partial charge < -0.3 is 24.7 Å². The highest BCUT2D eigenvalue weighted by Crippen LogP contribution is 2.23. The maximum Gasteiger partial charge on any atom is 0.323 e. The number of urea groups is 1. The van der Waals surface area contributed by atoms with Gasteiger partial charge >= 0.3 is 6.03 Å². The Morgan fingerprint density at radius 2 is 1.63 bits per heavy atom. The summed E-state index contributed by atoms with van der Waals surface area (Å²) in [7, 11) is 1.57. The molecule has 2 aromatic carbocycles.